The normalized spacial score (nSPS) is 42.2. The first-order valence-corrected chi connectivity index (χ1v) is 7.17. The van der Waals surface area contributed by atoms with Crippen LogP contribution in [0.3, 0.4) is 0 Å². The molecule has 2 atom stereocenters. The lowest BCUT2D eigenvalue weighted by atomic mass is 9.91. The molecule has 0 aromatic carbocycles. The lowest BCUT2D eigenvalue weighted by molar-refractivity contribution is -0.173. The summed E-state index contributed by atoms with van der Waals surface area (Å²) in [5.41, 5.74) is 0.435. The molecule has 3 fully saturated rings. The zero-order valence-corrected chi connectivity index (χ0v) is 10.6. The highest BCUT2D eigenvalue weighted by molar-refractivity contribution is 5.02. The first kappa shape index (κ1) is 11.0. The quantitative estimate of drug-likeness (QED) is 0.738. The summed E-state index contributed by atoms with van der Waals surface area (Å²) in [7, 11) is 0. The van der Waals surface area contributed by atoms with Gasteiger partial charge in [0.15, 0.2) is 0 Å². The molecule has 2 spiro atoms. The van der Waals surface area contributed by atoms with Gasteiger partial charge in [-0.2, -0.15) is 0 Å². The van der Waals surface area contributed by atoms with Gasteiger partial charge < -0.3 is 10.1 Å². The van der Waals surface area contributed by atoms with Crippen molar-refractivity contribution in [2.75, 3.05) is 13.1 Å². The molecule has 0 amide bonds. The van der Waals surface area contributed by atoms with Gasteiger partial charge in [-0.3, -0.25) is 0 Å². The van der Waals surface area contributed by atoms with Crippen LogP contribution in [-0.4, -0.2) is 24.3 Å². The van der Waals surface area contributed by atoms with Crippen LogP contribution >= 0.6 is 0 Å². The summed E-state index contributed by atoms with van der Waals surface area (Å²) in [5.74, 6) is 0.915. The van der Waals surface area contributed by atoms with Crippen LogP contribution in [0.15, 0.2) is 0 Å². The Morgan fingerprint density at radius 2 is 1.88 bits per heavy atom. The molecule has 1 saturated heterocycles. The summed E-state index contributed by atoms with van der Waals surface area (Å²) >= 11 is 0. The smallest absolute Gasteiger partial charge is 0.0817 e. The van der Waals surface area contributed by atoms with Gasteiger partial charge in [-0.1, -0.05) is 26.2 Å². The molecule has 2 aliphatic carbocycles. The van der Waals surface area contributed by atoms with Crippen molar-refractivity contribution in [1.29, 1.82) is 0 Å². The van der Waals surface area contributed by atoms with E-state index in [1.54, 1.807) is 0 Å². The van der Waals surface area contributed by atoms with E-state index in [-0.39, 0.29) is 11.2 Å². The SMILES string of the molecule is CCC1CCC2(CNCC3(CCCC3)O2)C1. The molecule has 1 heterocycles. The summed E-state index contributed by atoms with van der Waals surface area (Å²) < 4.78 is 6.65. The van der Waals surface area contributed by atoms with E-state index in [1.165, 1.54) is 51.4 Å². The van der Waals surface area contributed by atoms with Crippen LogP contribution in [0.2, 0.25) is 0 Å². The fourth-order valence-corrected chi connectivity index (χ4v) is 4.15. The Kier molecular flexibility index (Phi) is 2.75. The van der Waals surface area contributed by atoms with Gasteiger partial charge in [0, 0.05) is 13.1 Å². The van der Waals surface area contributed by atoms with Gasteiger partial charge in [-0.05, 0) is 38.0 Å². The van der Waals surface area contributed by atoms with Crippen molar-refractivity contribution in [3.8, 4) is 0 Å². The molecule has 16 heavy (non-hydrogen) atoms. The summed E-state index contributed by atoms with van der Waals surface area (Å²) in [6, 6.07) is 0. The van der Waals surface area contributed by atoms with E-state index in [4.69, 9.17) is 4.74 Å². The van der Waals surface area contributed by atoms with Crippen LogP contribution in [0.4, 0.5) is 0 Å². The Labute approximate surface area is 99.1 Å². The van der Waals surface area contributed by atoms with Gasteiger partial charge in [-0.15, -0.1) is 0 Å². The second-order valence-electron chi connectivity index (χ2n) is 6.30. The maximum absolute atomic E-state index is 6.65. The average Bonchev–Trinajstić information content (AvgIpc) is 2.87. The first-order valence-electron chi connectivity index (χ1n) is 7.17. The third-order valence-electron chi connectivity index (χ3n) is 5.09. The van der Waals surface area contributed by atoms with Crippen LogP contribution in [0, 0.1) is 5.92 Å². The van der Waals surface area contributed by atoms with Crippen LogP contribution in [0.5, 0.6) is 0 Å². The standard InChI is InChI=1S/C14H25NO/c1-2-12-5-8-14(9-12)11-15-10-13(16-14)6-3-4-7-13/h12,15H,2-11H2,1H3. The molecule has 2 unspecified atom stereocenters. The van der Waals surface area contributed by atoms with Crippen molar-refractivity contribution >= 4 is 0 Å². The van der Waals surface area contributed by atoms with Crippen LogP contribution in [-0.2, 0) is 4.74 Å². The van der Waals surface area contributed by atoms with Crippen LogP contribution in [0.1, 0.15) is 58.3 Å². The maximum atomic E-state index is 6.65. The number of nitrogens with one attached hydrogen (secondary N) is 1. The topological polar surface area (TPSA) is 21.3 Å². The van der Waals surface area contributed by atoms with E-state index in [0.717, 1.165) is 19.0 Å². The summed E-state index contributed by atoms with van der Waals surface area (Å²) in [4.78, 5) is 0. The van der Waals surface area contributed by atoms with E-state index in [0.29, 0.717) is 0 Å². The molecule has 0 bridgehead atoms. The second-order valence-corrected chi connectivity index (χ2v) is 6.30. The maximum Gasteiger partial charge on any atom is 0.0817 e. The number of rotatable bonds is 1. The Hall–Kier alpha value is -0.0800. The number of morpholine rings is 1. The van der Waals surface area contributed by atoms with Gasteiger partial charge in [0.2, 0.25) is 0 Å². The lowest BCUT2D eigenvalue weighted by Gasteiger charge is -2.46. The minimum atomic E-state index is 0.212. The molecular formula is C14H25NO. The molecular weight excluding hydrogens is 198 g/mol. The van der Waals surface area contributed by atoms with Gasteiger partial charge in [0.25, 0.3) is 0 Å². The fourth-order valence-electron chi connectivity index (χ4n) is 4.15. The lowest BCUT2D eigenvalue weighted by Crippen LogP contribution is -2.58. The fraction of sp³-hybridized carbons (Fsp3) is 1.00. The predicted molar refractivity (Wildman–Crippen MR) is 65.5 cm³/mol. The molecule has 2 heteroatoms. The van der Waals surface area contributed by atoms with Crippen molar-refractivity contribution in [2.24, 2.45) is 5.92 Å². The highest BCUT2D eigenvalue weighted by Gasteiger charge is 2.49. The van der Waals surface area contributed by atoms with E-state index in [9.17, 15) is 0 Å². The molecule has 0 aromatic heterocycles. The number of ether oxygens (including phenoxy) is 1. The van der Waals surface area contributed by atoms with Crippen molar-refractivity contribution in [1.82, 2.24) is 5.32 Å². The molecule has 1 aliphatic heterocycles. The highest BCUT2D eigenvalue weighted by Crippen LogP contribution is 2.46. The van der Waals surface area contributed by atoms with Crippen molar-refractivity contribution in [2.45, 2.75) is 69.5 Å². The predicted octanol–water partition coefficient (Wildman–Crippen LogP) is 2.87. The van der Waals surface area contributed by atoms with Gasteiger partial charge in [-0.25, -0.2) is 0 Å². The molecule has 2 saturated carbocycles. The van der Waals surface area contributed by atoms with E-state index >= 15 is 0 Å². The van der Waals surface area contributed by atoms with Gasteiger partial charge in [0.05, 0.1) is 11.2 Å². The monoisotopic (exact) mass is 223 g/mol. The van der Waals surface area contributed by atoms with Crippen LogP contribution < -0.4 is 5.32 Å². The third-order valence-corrected chi connectivity index (χ3v) is 5.09. The van der Waals surface area contributed by atoms with E-state index < -0.39 is 0 Å². The molecule has 0 aromatic rings. The second kappa shape index (κ2) is 3.99. The molecule has 2 nitrogen and oxygen atoms in total. The molecule has 1 N–H and O–H groups in total. The zero-order valence-electron chi connectivity index (χ0n) is 10.6. The van der Waals surface area contributed by atoms with E-state index in [1.807, 2.05) is 0 Å². The minimum absolute atomic E-state index is 0.212. The zero-order chi connectivity index (χ0) is 11.1. The highest BCUT2D eigenvalue weighted by atomic mass is 16.5. The van der Waals surface area contributed by atoms with Crippen molar-refractivity contribution < 1.29 is 4.74 Å². The third kappa shape index (κ3) is 1.80. The Balaban J connectivity index is 1.72. The summed E-state index contributed by atoms with van der Waals surface area (Å²) in [6.07, 6.45) is 10.6. The van der Waals surface area contributed by atoms with E-state index in [2.05, 4.69) is 12.2 Å². The Morgan fingerprint density at radius 1 is 1.12 bits per heavy atom. The minimum Gasteiger partial charge on any atom is -0.366 e. The molecule has 3 rings (SSSR count). The van der Waals surface area contributed by atoms with Crippen molar-refractivity contribution in [3.63, 3.8) is 0 Å². The van der Waals surface area contributed by atoms with Gasteiger partial charge >= 0.3 is 0 Å². The molecule has 0 radical (unpaired) electrons. The van der Waals surface area contributed by atoms with Crippen LogP contribution in [0.25, 0.3) is 0 Å². The molecule has 92 valence electrons. The summed E-state index contributed by atoms with van der Waals surface area (Å²) in [6.45, 7) is 4.53. The Bertz CT molecular complexity index is 259. The van der Waals surface area contributed by atoms with Gasteiger partial charge in [0.1, 0.15) is 0 Å². The largest absolute Gasteiger partial charge is 0.366 e. The number of hydrogen-bond donors (Lipinski definition) is 1. The van der Waals surface area contributed by atoms with Crippen molar-refractivity contribution in [3.05, 3.63) is 0 Å². The first-order chi connectivity index (χ1) is 7.76. The summed E-state index contributed by atoms with van der Waals surface area (Å²) in [5, 5.41) is 3.67. The average molecular weight is 223 g/mol. The molecule has 3 aliphatic rings. The number of hydrogen-bond acceptors (Lipinski definition) is 2. The Morgan fingerprint density at radius 3 is 2.56 bits per heavy atom.